The van der Waals surface area contributed by atoms with Gasteiger partial charge in [0.2, 0.25) is 0 Å². The fourth-order valence-electron chi connectivity index (χ4n) is 2.61. The van der Waals surface area contributed by atoms with E-state index >= 15 is 0 Å². The molecule has 1 saturated heterocycles. The van der Waals surface area contributed by atoms with E-state index in [-0.39, 0.29) is 17.3 Å². The lowest BCUT2D eigenvalue weighted by Gasteiger charge is -2.07. The van der Waals surface area contributed by atoms with Crippen molar-refractivity contribution in [2.45, 2.75) is 12.5 Å². The fourth-order valence-corrected chi connectivity index (χ4v) is 2.61. The number of hydrogen-bond donors (Lipinski definition) is 2. The Morgan fingerprint density at radius 1 is 0.957 bits per heavy atom. The van der Waals surface area contributed by atoms with Gasteiger partial charge >= 0.3 is 0 Å². The van der Waals surface area contributed by atoms with Gasteiger partial charge in [0.05, 0.1) is 11.6 Å². The summed E-state index contributed by atoms with van der Waals surface area (Å²) in [6.45, 7) is 0.441. The predicted octanol–water partition coefficient (Wildman–Crippen LogP) is 2.34. The molecule has 1 amide bonds. The van der Waals surface area contributed by atoms with Gasteiger partial charge in [-0.3, -0.25) is 9.59 Å². The summed E-state index contributed by atoms with van der Waals surface area (Å²) in [5.41, 5.74) is 2.24. The van der Waals surface area contributed by atoms with Gasteiger partial charge in [0.1, 0.15) is 0 Å². The van der Waals surface area contributed by atoms with Crippen LogP contribution < -0.4 is 10.6 Å². The van der Waals surface area contributed by atoms with E-state index in [1.54, 1.807) is 6.08 Å². The number of hydrogen-bond acceptors (Lipinski definition) is 3. The van der Waals surface area contributed by atoms with Gasteiger partial charge in [0.15, 0.2) is 5.78 Å². The highest BCUT2D eigenvalue weighted by molar-refractivity contribution is 6.26. The summed E-state index contributed by atoms with van der Waals surface area (Å²) >= 11 is 0. The van der Waals surface area contributed by atoms with E-state index in [0.717, 1.165) is 11.3 Å². The summed E-state index contributed by atoms with van der Waals surface area (Å²) in [6, 6.07) is 18.9. The van der Waals surface area contributed by atoms with Gasteiger partial charge in [-0.05, 0) is 23.8 Å². The number of carbonyl (C=O) groups is 2. The minimum Gasteiger partial charge on any atom is -0.382 e. The lowest BCUT2D eigenvalue weighted by Crippen LogP contribution is -2.31. The highest BCUT2D eigenvalue weighted by atomic mass is 16.2. The quantitative estimate of drug-likeness (QED) is 0.658. The van der Waals surface area contributed by atoms with Gasteiger partial charge in [-0.25, -0.2) is 0 Å². The van der Waals surface area contributed by atoms with Crippen LogP contribution in [-0.4, -0.2) is 24.3 Å². The summed E-state index contributed by atoms with van der Waals surface area (Å²) < 4.78 is 0. The second-order valence-corrected chi connectivity index (χ2v) is 5.44. The Balaban J connectivity index is 1.63. The van der Waals surface area contributed by atoms with Gasteiger partial charge in [0, 0.05) is 18.7 Å². The molecule has 23 heavy (non-hydrogen) atoms. The van der Waals surface area contributed by atoms with E-state index in [0.29, 0.717) is 13.0 Å². The van der Waals surface area contributed by atoms with Crippen LogP contribution in [0.5, 0.6) is 0 Å². The maximum atomic E-state index is 12.4. The molecule has 1 fully saturated rings. The minimum absolute atomic E-state index is 0.131. The maximum absolute atomic E-state index is 12.4. The molecule has 116 valence electrons. The Bertz CT molecular complexity index is 724. The molecule has 2 N–H and O–H groups in total. The topological polar surface area (TPSA) is 58.2 Å². The molecule has 0 aromatic heterocycles. The number of para-hydroxylation sites is 1. The van der Waals surface area contributed by atoms with Gasteiger partial charge in [0.25, 0.3) is 5.91 Å². The lowest BCUT2D eigenvalue weighted by atomic mass is 10.0. The van der Waals surface area contributed by atoms with Crippen LogP contribution in [0.4, 0.5) is 5.69 Å². The molecule has 1 unspecified atom stereocenters. The molecule has 3 rings (SSSR count). The first-order valence-electron chi connectivity index (χ1n) is 7.62. The second-order valence-electron chi connectivity index (χ2n) is 5.44. The minimum atomic E-state index is -0.465. The van der Waals surface area contributed by atoms with E-state index in [2.05, 4.69) is 10.6 Å². The van der Waals surface area contributed by atoms with Crippen molar-refractivity contribution >= 4 is 17.4 Å². The second kappa shape index (κ2) is 6.92. The van der Waals surface area contributed by atoms with Crippen molar-refractivity contribution in [3.63, 3.8) is 0 Å². The molecule has 2 aromatic rings. The number of Topliss-reactive ketones (excluding diaryl/α,β-unsaturated/α-hetero) is 1. The molecule has 0 bridgehead atoms. The van der Waals surface area contributed by atoms with Crippen LogP contribution in [0.15, 0.2) is 72.3 Å². The summed E-state index contributed by atoms with van der Waals surface area (Å²) in [6.07, 6.45) is 2.19. The molecule has 0 spiro atoms. The number of anilines is 1. The SMILES string of the molecule is O=C1NC(Cc2ccccc2)C(=O)C1=CCNc1ccccc1. The molecule has 0 saturated carbocycles. The molecule has 2 aromatic carbocycles. The van der Waals surface area contributed by atoms with Crippen LogP contribution in [0.25, 0.3) is 0 Å². The van der Waals surface area contributed by atoms with Crippen LogP contribution in [-0.2, 0) is 16.0 Å². The first-order valence-corrected chi connectivity index (χ1v) is 7.62. The summed E-state index contributed by atoms with van der Waals surface area (Å²) in [7, 11) is 0. The third kappa shape index (κ3) is 3.66. The largest absolute Gasteiger partial charge is 0.382 e. The standard InChI is InChI=1S/C19H18N2O2/c22-18-16(11-12-20-15-9-5-2-6-10-15)19(23)21-17(18)13-14-7-3-1-4-8-14/h1-11,17,20H,12-13H2,(H,21,23). The van der Waals surface area contributed by atoms with Gasteiger partial charge in [-0.15, -0.1) is 0 Å². The maximum Gasteiger partial charge on any atom is 0.255 e. The van der Waals surface area contributed by atoms with Crippen LogP contribution in [0.1, 0.15) is 5.56 Å². The number of benzene rings is 2. The van der Waals surface area contributed by atoms with E-state index in [9.17, 15) is 9.59 Å². The van der Waals surface area contributed by atoms with Crippen molar-refractivity contribution in [2.75, 3.05) is 11.9 Å². The highest BCUT2D eigenvalue weighted by Gasteiger charge is 2.35. The fraction of sp³-hybridized carbons (Fsp3) is 0.158. The smallest absolute Gasteiger partial charge is 0.255 e. The summed E-state index contributed by atoms with van der Waals surface area (Å²) in [5, 5.41) is 5.93. The van der Waals surface area contributed by atoms with Crippen molar-refractivity contribution in [3.05, 3.63) is 77.9 Å². The molecule has 4 nitrogen and oxygen atoms in total. The van der Waals surface area contributed by atoms with Crippen LogP contribution in [0.2, 0.25) is 0 Å². The van der Waals surface area contributed by atoms with Gasteiger partial charge in [-0.1, -0.05) is 48.5 Å². The van der Waals surface area contributed by atoms with Crippen molar-refractivity contribution in [1.82, 2.24) is 5.32 Å². The third-order valence-corrected chi connectivity index (χ3v) is 3.80. The Morgan fingerprint density at radius 3 is 2.30 bits per heavy atom. The average molecular weight is 306 g/mol. The molecule has 4 heteroatoms. The zero-order chi connectivity index (χ0) is 16.1. The third-order valence-electron chi connectivity index (χ3n) is 3.80. The Morgan fingerprint density at radius 2 is 1.61 bits per heavy atom. The molecular formula is C19H18N2O2. The highest BCUT2D eigenvalue weighted by Crippen LogP contribution is 2.15. The van der Waals surface area contributed by atoms with Crippen LogP contribution in [0, 0.1) is 0 Å². The normalized spacial score (nSPS) is 19.0. The van der Waals surface area contributed by atoms with Gasteiger partial charge in [-0.2, -0.15) is 0 Å². The molecule has 1 atom stereocenters. The monoisotopic (exact) mass is 306 g/mol. The van der Waals surface area contributed by atoms with Crippen molar-refractivity contribution < 1.29 is 9.59 Å². The molecule has 0 aliphatic carbocycles. The van der Waals surface area contributed by atoms with Crippen molar-refractivity contribution in [1.29, 1.82) is 0 Å². The first kappa shape index (κ1) is 15.0. The molecule has 1 heterocycles. The van der Waals surface area contributed by atoms with E-state index in [4.69, 9.17) is 0 Å². The predicted molar refractivity (Wildman–Crippen MR) is 90.1 cm³/mol. The lowest BCUT2D eigenvalue weighted by molar-refractivity contribution is -0.117. The number of nitrogens with one attached hydrogen (secondary N) is 2. The molecule has 1 aliphatic rings. The van der Waals surface area contributed by atoms with Crippen LogP contribution in [0.3, 0.4) is 0 Å². The summed E-state index contributed by atoms with van der Waals surface area (Å²) in [5.74, 6) is -0.417. The Labute approximate surface area is 135 Å². The van der Waals surface area contributed by atoms with Crippen molar-refractivity contribution in [3.8, 4) is 0 Å². The van der Waals surface area contributed by atoms with E-state index in [1.807, 2.05) is 60.7 Å². The zero-order valence-electron chi connectivity index (χ0n) is 12.7. The average Bonchev–Trinajstić information content (AvgIpc) is 2.84. The number of amides is 1. The van der Waals surface area contributed by atoms with Crippen molar-refractivity contribution in [2.24, 2.45) is 0 Å². The first-order chi connectivity index (χ1) is 11.2. The number of ketones is 1. The van der Waals surface area contributed by atoms with E-state index in [1.165, 1.54) is 0 Å². The van der Waals surface area contributed by atoms with Crippen LogP contribution >= 0.6 is 0 Å². The van der Waals surface area contributed by atoms with Gasteiger partial charge < -0.3 is 10.6 Å². The summed E-state index contributed by atoms with van der Waals surface area (Å²) in [4.78, 5) is 24.4. The van der Waals surface area contributed by atoms with E-state index < -0.39 is 6.04 Å². The number of carbonyl (C=O) groups excluding carboxylic acids is 2. The zero-order valence-corrected chi connectivity index (χ0v) is 12.7. The number of rotatable bonds is 5. The molecule has 1 aliphatic heterocycles. The Hall–Kier alpha value is -2.88. The Kier molecular flexibility index (Phi) is 4.52. The molecule has 0 radical (unpaired) electrons. The molecular weight excluding hydrogens is 288 g/mol.